The molecule has 0 aliphatic carbocycles. The summed E-state index contributed by atoms with van der Waals surface area (Å²) in [5, 5.41) is 3.85. The molecular formula is C13H11BrClF3N4OS2. The average Bonchev–Trinajstić information content (AvgIpc) is 2.83. The molecule has 4 N–H and O–H groups in total. The fourth-order valence-electron chi connectivity index (χ4n) is 2.05. The quantitative estimate of drug-likeness (QED) is 0.520. The van der Waals surface area contributed by atoms with Crippen molar-refractivity contribution in [2.24, 2.45) is 5.73 Å². The highest BCUT2D eigenvalue weighted by atomic mass is 79.9. The predicted octanol–water partition coefficient (Wildman–Crippen LogP) is 3.65. The molecule has 136 valence electrons. The van der Waals surface area contributed by atoms with Crippen molar-refractivity contribution in [2.45, 2.75) is 18.0 Å². The SMILES string of the molecule is CC[S+]([O-])c1c(C(N)=S)nn(-c2c(Cl)cc(C(F)(F)F)cc2Br)c1N. The van der Waals surface area contributed by atoms with E-state index in [4.69, 9.17) is 35.3 Å². The fourth-order valence-corrected chi connectivity index (χ4v) is 4.27. The first-order chi connectivity index (χ1) is 11.5. The maximum absolute atomic E-state index is 12.9. The number of halogens is 5. The van der Waals surface area contributed by atoms with Gasteiger partial charge in [0.2, 0.25) is 4.90 Å². The van der Waals surface area contributed by atoms with Gasteiger partial charge >= 0.3 is 6.18 Å². The van der Waals surface area contributed by atoms with Gasteiger partial charge in [-0.3, -0.25) is 0 Å². The summed E-state index contributed by atoms with van der Waals surface area (Å²) in [6.07, 6.45) is -4.57. The first-order valence-electron chi connectivity index (χ1n) is 6.62. The maximum Gasteiger partial charge on any atom is 0.416 e. The van der Waals surface area contributed by atoms with Crippen molar-refractivity contribution >= 4 is 61.7 Å². The lowest BCUT2D eigenvalue weighted by molar-refractivity contribution is -0.137. The van der Waals surface area contributed by atoms with Gasteiger partial charge in [0.1, 0.15) is 10.7 Å². The van der Waals surface area contributed by atoms with E-state index in [1.165, 1.54) is 0 Å². The van der Waals surface area contributed by atoms with Gasteiger partial charge in [0.25, 0.3) is 0 Å². The van der Waals surface area contributed by atoms with E-state index in [2.05, 4.69) is 21.0 Å². The van der Waals surface area contributed by atoms with Crippen LogP contribution in [0.25, 0.3) is 5.69 Å². The topological polar surface area (TPSA) is 92.9 Å². The normalized spacial score (nSPS) is 13.1. The molecule has 0 amide bonds. The molecular weight excluding hydrogens is 465 g/mol. The monoisotopic (exact) mass is 474 g/mol. The molecule has 0 fully saturated rings. The number of aromatic nitrogens is 2. The third kappa shape index (κ3) is 3.90. The molecule has 1 aromatic carbocycles. The van der Waals surface area contributed by atoms with Gasteiger partial charge < -0.3 is 16.0 Å². The van der Waals surface area contributed by atoms with Gasteiger partial charge in [-0.15, -0.1) is 0 Å². The smallest absolute Gasteiger partial charge is 0.416 e. The Morgan fingerprint density at radius 2 is 2.08 bits per heavy atom. The Kier molecular flexibility index (Phi) is 5.94. The van der Waals surface area contributed by atoms with Crippen LogP contribution < -0.4 is 11.5 Å². The van der Waals surface area contributed by atoms with Crippen LogP contribution in [0.2, 0.25) is 5.02 Å². The molecule has 0 bridgehead atoms. The summed E-state index contributed by atoms with van der Waals surface area (Å²) >= 11 is 12.4. The molecule has 2 rings (SSSR count). The average molecular weight is 476 g/mol. The lowest BCUT2D eigenvalue weighted by Crippen LogP contribution is -2.16. The van der Waals surface area contributed by atoms with E-state index in [0.29, 0.717) is 0 Å². The van der Waals surface area contributed by atoms with Crippen molar-refractivity contribution in [3.63, 3.8) is 0 Å². The van der Waals surface area contributed by atoms with Crippen LogP contribution in [0.4, 0.5) is 19.0 Å². The minimum atomic E-state index is -4.57. The van der Waals surface area contributed by atoms with E-state index in [0.717, 1.165) is 16.8 Å². The van der Waals surface area contributed by atoms with Crippen molar-refractivity contribution in [3.8, 4) is 5.69 Å². The summed E-state index contributed by atoms with van der Waals surface area (Å²) in [7, 11) is 0. The second-order valence-corrected chi connectivity index (χ2v) is 8.14. The van der Waals surface area contributed by atoms with E-state index in [1.54, 1.807) is 6.92 Å². The van der Waals surface area contributed by atoms with Gasteiger partial charge in [-0.25, -0.2) is 4.68 Å². The van der Waals surface area contributed by atoms with Crippen molar-refractivity contribution in [3.05, 3.63) is 32.9 Å². The number of thiocarbonyl (C=S) groups is 1. The highest BCUT2D eigenvalue weighted by molar-refractivity contribution is 9.10. The van der Waals surface area contributed by atoms with Gasteiger partial charge in [-0.05, 0) is 46.2 Å². The second-order valence-electron chi connectivity index (χ2n) is 4.76. The minimum absolute atomic E-state index is 0.00449. The number of nitrogens with two attached hydrogens (primary N) is 2. The Hall–Kier alpha value is -1.01. The number of nitrogens with zero attached hydrogens (tertiary/aromatic N) is 2. The molecule has 0 saturated carbocycles. The van der Waals surface area contributed by atoms with Gasteiger partial charge in [0.15, 0.2) is 11.5 Å². The number of nitrogen functional groups attached to an aromatic ring is 1. The van der Waals surface area contributed by atoms with Crippen LogP contribution in [-0.4, -0.2) is 25.1 Å². The van der Waals surface area contributed by atoms with Crippen molar-refractivity contribution < 1.29 is 17.7 Å². The van der Waals surface area contributed by atoms with E-state index < -0.39 is 22.9 Å². The zero-order chi connectivity index (χ0) is 19.1. The lowest BCUT2D eigenvalue weighted by Gasteiger charge is -2.13. The number of anilines is 1. The largest absolute Gasteiger partial charge is 0.611 e. The van der Waals surface area contributed by atoms with Crippen LogP contribution in [-0.2, 0) is 17.4 Å². The number of hydrogen-bond acceptors (Lipinski definition) is 4. The summed E-state index contributed by atoms with van der Waals surface area (Å²) in [6, 6.07) is 1.60. The van der Waals surface area contributed by atoms with E-state index >= 15 is 0 Å². The Labute approximate surface area is 162 Å². The van der Waals surface area contributed by atoms with E-state index in [-0.39, 0.29) is 42.3 Å². The van der Waals surface area contributed by atoms with Crippen LogP contribution >= 0.6 is 39.7 Å². The number of benzene rings is 1. The first-order valence-corrected chi connectivity index (χ1v) is 9.52. The molecule has 0 spiro atoms. The van der Waals surface area contributed by atoms with Gasteiger partial charge in [0.05, 0.1) is 16.3 Å². The summed E-state index contributed by atoms with van der Waals surface area (Å²) in [6.45, 7) is 1.66. The number of hydrogen-bond donors (Lipinski definition) is 2. The third-order valence-electron chi connectivity index (χ3n) is 3.16. The van der Waals surface area contributed by atoms with E-state index in [1.807, 2.05) is 0 Å². The molecule has 1 heterocycles. The van der Waals surface area contributed by atoms with Crippen LogP contribution in [0.15, 0.2) is 21.5 Å². The molecule has 25 heavy (non-hydrogen) atoms. The number of alkyl halides is 3. The van der Waals surface area contributed by atoms with Gasteiger partial charge in [0, 0.05) is 4.47 Å². The highest BCUT2D eigenvalue weighted by Gasteiger charge is 2.34. The summed E-state index contributed by atoms with van der Waals surface area (Å²) in [4.78, 5) is -0.0146. The molecule has 0 saturated heterocycles. The summed E-state index contributed by atoms with van der Waals surface area (Å²) in [5.41, 5.74) is 10.8. The molecule has 0 radical (unpaired) electrons. The molecule has 0 aliphatic rings. The Morgan fingerprint density at radius 1 is 1.48 bits per heavy atom. The molecule has 1 atom stereocenters. The maximum atomic E-state index is 12.9. The Balaban J connectivity index is 2.74. The molecule has 12 heteroatoms. The summed E-state index contributed by atoms with van der Waals surface area (Å²) < 4.78 is 52.0. The third-order valence-corrected chi connectivity index (χ3v) is 5.62. The molecule has 2 aromatic rings. The van der Waals surface area contributed by atoms with Crippen LogP contribution in [0.3, 0.4) is 0 Å². The highest BCUT2D eigenvalue weighted by Crippen LogP contribution is 2.39. The first kappa shape index (κ1) is 20.3. The predicted molar refractivity (Wildman–Crippen MR) is 98.5 cm³/mol. The van der Waals surface area contributed by atoms with Crippen molar-refractivity contribution in [1.82, 2.24) is 9.78 Å². The summed E-state index contributed by atoms with van der Waals surface area (Å²) in [5.74, 6) is 0.165. The molecule has 0 aliphatic heterocycles. The molecule has 1 aromatic heterocycles. The second kappa shape index (κ2) is 7.31. The van der Waals surface area contributed by atoms with Crippen LogP contribution in [0, 0.1) is 0 Å². The number of rotatable bonds is 4. The zero-order valence-corrected chi connectivity index (χ0v) is 16.5. The van der Waals surface area contributed by atoms with Crippen molar-refractivity contribution in [2.75, 3.05) is 11.5 Å². The van der Waals surface area contributed by atoms with Crippen LogP contribution in [0.1, 0.15) is 18.2 Å². The van der Waals surface area contributed by atoms with Crippen LogP contribution in [0.5, 0.6) is 0 Å². The lowest BCUT2D eigenvalue weighted by atomic mass is 10.2. The molecule has 5 nitrogen and oxygen atoms in total. The standard InChI is InChI=1S/C13H11BrClF3N4OS2/c1-2-25(23)10-8(12(20)24)21-22(11(10)19)9-6(14)3-5(4-7(9)15)13(16,17)18/h3-4H,2,19H2,1H3,(H2,20,24). The van der Waals surface area contributed by atoms with E-state index in [9.17, 15) is 17.7 Å². The zero-order valence-electron chi connectivity index (χ0n) is 12.5. The molecule has 1 unspecified atom stereocenters. The fraction of sp³-hybridized carbons (Fsp3) is 0.231. The van der Waals surface area contributed by atoms with Gasteiger partial charge in [-0.2, -0.15) is 18.3 Å². The van der Waals surface area contributed by atoms with Crippen molar-refractivity contribution in [1.29, 1.82) is 0 Å². The minimum Gasteiger partial charge on any atom is -0.611 e. The van der Waals surface area contributed by atoms with Gasteiger partial charge in [-0.1, -0.05) is 23.8 Å². The Bertz CT molecular complexity index is 820. The Morgan fingerprint density at radius 3 is 2.52 bits per heavy atom.